The molecule has 1 unspecified atom stereocenters. The highest BCUT2D eigenvalue weighted by Crippen LogP contribution is 2.23. The summed E-state index contributed by atoms with van der Waals surface area (Å²) < 4.78 is 0. The van der Waals surface area contributed by atoms with Crippen molar-refractivity contribution < 1.29 is 4.79 Å². The van der Waals surface area contributed by atoms with Gasteiger partial charge in [-0.25, -0.2) is 0 Å². The average molecular weight is 291 g/mol. The van der Waals surface area contributed by atoms with E-state index in [0.717, 1.165) is 17.8 Å². The van der Waals surface area contributed by atoms with E-state index in [1.807, 2.05) is 24.3 Å². The van der Waals surface area contributed by atoms with Crippen LogP contribution in [0.4, 0.5) is 5.69 Å². The van der Waals surface area contributed by atoms with Gasteiger partial charge in [0.1, 0.15) is 0 Å². The van der Waals surface area contributed by atoms with Gasteiger partial charge >= 0.3 is 0 Å². The maximum atomic E-state index is 12.0. The number of carbonyl (C=O) groups is 1. The molecule has 0 fully saturated rings. The van der Waals surface area contributed by atoms with E-state index in [1.54, 1.807) is 0 Å². The molecule has 1 aromatic carbocycles. The highest BCUT2D eigenvalue weighted by molar-refractivity contribution is 5.90. The van der Waals surface area contributed by atoms with Crippen molar-refractivity contribution in [3.63, 3.8) is 0 Å². The topological polar surface area (TPSA) is 58.4 Å². The van der Waals surface area contributed by atoms with Crippen LogP contribution in [0.3, 0.4) is 0 Å². The Morgan fingerprint density at radius 2 is 1.86 bits per heavy atom. The van der Waals surface area contributed by atoms with Gasteiger partial charge in [0.25, 0.3) is 0 Å². The molecule has 0 aliphatic rings. The first-order valence-electron chi connectivity index (χ1n) is 7.53. The quantitative estimate of drug-likeness (QED) is 0.847. The molecule has 0 spiro atoms. The van der Waals surface area contributed by atoms with E-state index in [1.165, 1.54) is 0 Å². The molecule has 0 saturated heterocycles. The molecule has 3 N–H and O–H groups in total. The molecule has 0 aliphatic carbocycles. The standard InChI is InChI=1S/C17H29N3O/c1-13(17(2,3)4)20(5)11-10-16(21)19-15-8-6-14(12-18)7-9-15/h6-9,13H,10-12,18H2,1-5H3,(H,19,21). The van der Waals surface area contributed by atoms with Gasteiger partial charge in [-0.05, 0) is 37.1 Å². The third-order valence-electron chi connectivity index (χ3n) is 4.08. The molecule has 1 rings (SSSR count). The van der Waals surface area contributed by atoms with Crippen molar-refractivity contribution in [2.75, 3.05) is 18.9 Å². The predicted molar refractivity (Wildman–Crippen MR) is 89.1 cm³/mol. The lowest BCUT2D eigenvalue weighted by Gasteiger charge is -2.35. The summed E-state index contributed by atoms with van der Waals surface area (Å²) in [6, 6.07) is 8.07. The van der Waals surface area contributed by atoms with Crippen molar-refractivity contribution >= 4 is 11.6 Å². The predicted octanol–water partition coefficient (Wildman–Crippen LogP) is 2.84. The van der Waals surface area contributed by atoms with Crippen LogP contribution in [0.5, 0.6) is 0 Å². The second kappa shape index (κ2) is 7.57. The lowest BCUT2D eigenvalue weighted by Crippen LogP contribution is -2.40. The number of rotatable bonds is 6. The number of hydrogen-bond donors (Lipinski definition) is 2. The lowest BCUT2D eigenvalue weighted by atomic mass is 9.87. The van der Waals surface area contributed by atoms with Crippen molar-refractivity contribution in [2.24, 2.45) is 11.1 Å². The third-order valence-corrected chi connectivity index (χ3v) is 4.08. The van der Waals surface area contributed by atoms with Gasteiger partial charge in [0, 0.05) is 31.2 Å². The zero-order chi connectivity index (χ0) is 16.0. The smallest absolute Gasteiger partial charge is 0.225 e. The largest absolute Gasteiger partial charge is 0.326 e. The van der Waals surface area contributed by atoms with Crippen LogP contribution in [0.15, 0.2) is 24.3 Å². The first-order chi connectivity index (χ1) is 9.74. The van der Waals surface area contributed by atoms with Gasteiger partial charge in [-0.2, -0.15) is 0 Å². The third kappa shape index (κ3) is 5.86. The van der Waals surface area contributed by atoms with E-state index >= 15 is 0 Å². The summed E-state index contributed by atoms with van der Waals surface area (Å²) in [6.07, 6.45) is 0.496. The SMILES string of the molecule is CC(N(C)CCC(=O)Nc1ccc(CN)cc1)C(C)(C)C. The van der Waals surface area contributed by atoms with Gasteiger partial charge < -0.3 is 16.0 Å². The first kappa shape index (κ1) is 17.7. The Morgan fingerprint density at radius 3 is 2.33 bits per heavy atom. The summed E-state index contributed by atoms with van der Waals surface area (Å²) >= 11 is 0. The Kier molecular flexibility index (Phi) is 6.37. The number of benzene rings is 1. The Labute approximate surface area is 128 Å². The van der Waals surface area contributed by atoms with Crippen molar-refractivity contribution in [3.05, 3.63) is 29.8 Å². The summed E-state index contributed by atoms with van der Waals surface area (Å²) in [5.41, 5.74) is 7.65. The Balaban J connectivity index is 2.43. The molecular weight excluding hydrogens is 262 g/mol. The second-order valence-corrected chi connectivity index (χ2v) is 6.72. The van der Waals surface area contributed by atoms with Crippen LogP contribution in [0.25, 0.3) is 0 Å². The molecule has 21 heavy (non-hydrogen) atoms. The van der Waals surface area contributed by atoms with E-state index in [2.05, 4.69) is 45.0 Å². The fourth-order valence-electron chi connectivity index (χ4n) is 2.08. The van der Waals surface area contributed by atoms with E-state index in [0.29, 0.717) is 19.0 Å². The van der Waals surface area contributed by atoms with Gasteiger partial charge in [-0.3, -0.25) is 4.79 Å². The number of nitrogens with two attached hydrogens (primary N) is 1. The number of carbonyl (C=O) groups excluding carboxylic acids is 1. The van der Waals surface area contributed by atoms with Crippen LogP contribution in [0, 0.1) is 5.41 Å². The monoisotopic (exact) mass is 291 g/mol. The van der Waals surface area contributed by atoms with Crippen molar-refractivity contribution in [1.29, 1.82) is 0 Å². The van der Waals surface area contributed by atoms with Crippen LogP contribution in [0.2, 0.25) is 0 Å². The zero-order valence-electron chi connectivity index (χ0n) is 13.9. The maximum Gasteiger partial charge on any atom is 0.225 e. The highest BCUT2D eigenvalue weighted by atomic mass is 16.1. The molecule has 118 valence electrons. The molecule has 0 heterocycles. The molecule has 1 amide bonds. The zero-order valence-corrected chi connectivity index (χ0v) is 13.9. The summed E-state index contributed by atoms with van der Waals surface area (Å²) in [4.78, 5) is 14.2. The van der Waals surface area contributed by atoms with Crippen LogP contribution < -0.4 is 11.1 Å². The summed E-state index contributed by atoms with van der Waals surface area (Å²) in [7, 11) is 2.07. The minimum Gasteiger partial charge on any atom is -0.326 e. The van der Waals surface area contributed by atoms with Crippen molar-refractivity contribution in [2.45, 2.75) is 46.7 Å². The minimum atomic E-state index is 0.0449. The minimum absolute atomic E-state index is 0.0449. The van der Waals surface area contributed by atoms with Crippen molar-refractivity contribution in [1.82, 2.24) is 4.90 Å². The van der Waals surface area contributed by atoms with E-state index in [4.69, 9.17) is 5.73 Å². The van der Waals surface area contributed by atoms with Gasteiger partial charge in [0.15, 0.2) is 0 Å². The molecule has 0 radical (unpaired) electrons. The molecule has 0 aliphatic heterocycles. The van der Waals surface area contributed by atoms with E-state index in [9.17, 15) is 4.79 Å². The number of amides is 1. The molecule has 0 bridgehead atoms. The molecule has 4 heteroatoms. The summed E-state index contributed by atoms with van der Waals surface area (Å²) in [5.74, 6) is 0.0449. The molecule has 1 atom stereocenters. The summed E-state index contributed by atoms with van der Waals surface area (Å²) in [6.45, 7) is 10.1. The second-order valence-electron chi connectivity index (χ2n) is 6.72. The molecule has 0 aromatic heterocycles. The Morgan fingerprint density at radius 1 is 1.29 bits per heavy atom. The lowest BCUT2D eigenvalue weighted by molar-refractivity contribution is -0.116. The van der Waals surface area contributed by atoms with Crippen LogP contribution in [-0.2, 0) is 11.3 Å². The highest BCUT2D eigenvalue weighted by Gasteiger charge is 2.23. The molecule has 4 nitrogen and oxygen atoms in total. The Hall–Kier alpha value is -1.39. The van der Waals surface area contributed by atoms with Crippen LogP contribution in [-0.4, -0.2) is 30.4 Å². The fourth-order valence-corrected chi connectivity index (χ4v) is 2.08. The summed E-state index contributed by atoms with van der Waals surface area (Å²) in [5, 5.41) is 2.92. The van der Waals surface area contributed by atoms with Crippen LogP contribution >= 0.6 is 0 Å². The van der Waals surface area contributed by atoms with Crippen molar-refractivity contribution in [3.8, 4) is 0 Å². The number of nitrogens with one attached hydrogen (secondary N) is 1. The van der Waals surface area contributed by atoms with Gasteiger partial charge in [0.05, 0.1) is 0 Å². The molecular formula is C17H29N3O. The van der Waals surface area contributed by atoms with Gasteiger partial charge in [-0.1, -0.05) is 32.9 Å². The number of anilines is 1. The van der Waals surface area contributed by atoms with Gasteiger partial charge in [0.2, 0.25) is 5.91 Å². The fraction of sp³-hybridized carbons (Fsp3) is 0.588. The van der Waals surface area contributed by atoms with Gasteiger partial charge in [-0.15, -0.1) is 0 Å². The first-order valence-corrected chi connectivity index (χ1v) is 7.53. The normalized spacial score (nSPS) is 13.3. The number of hydrogen-bond acceptors (Lipinski definition) is 3. The van der Waals surface area contributed by atoms with E-state index < -0.39 is 0 Å². The number of nitrogens with zero attached hydrogens (tertiary/aromatic N) is 1. The molecule has 0 saturated carbocycles. The average Bonchev–Trinajstić information content (AvgIpc) is 2.43. The maximum absolute atomic E-state index is 12.0. The Bertz CT molecular complexity index is 448. The molecule has 1 aromatic rings. The van der Waals surface area contributed by atoms with Crippen LogP contribution in [0.1, 0.15) is 39.7 Å². The van der Waals surface area contributed by atoms with E-state index in [-0.39, 0.29) is 11.3 Å².